The van der Waals surface area contributed by atoms with Crippen molar-refractivity contribution in [1.82, 2.24) is 9.97 Å². The average Bonchev–Trinajstić information content (AvgIpc) is 3.22. The third-order valence-electron chi connectivity index (χ3n) is 4.96. The zero-order chi connectivity index (χ0) is 20.4. The highest BCUT2D eigenvalue weighted by molar-refractivity contribution is 8.00. The van der Waals surface area contributed by atoms with Crippen molar-refractivity contribution in [3.05, 3.63) is 59.2 Å². The number of benzene rings is 2. The second-order valence-corrected chi connectivity index (χ2v) is 10.7. The summed E-state index contributed by atoms with van der Waals surface area (Å²) in [5.74, 6) is 0. The fraction of sp³-hybridized carbons (Fsp3) is 0.286. The summed E-state index contributed by atoms with van der Waals surface area (Å²) in [5, 5.41) is 9.74. The number of halogens is 1. The molecule has 1 aromatic heterocycles. The Balaban J connectivity index is 1.84. The molecule has 3 aromatic rings. The molecule has 148 valence electrons. The van der Waals surface area contributed by atoms with Crippen LogP contribution in [0.1, 0.15) is 36.6 Å². The van der Waals surface area contributed by atoms with E-state index < -0.39 is 15.1 Å². The summed E-state index contributed by atoms with van der Waals surface area (Å²) < 4.78 is 26.5. The Morgan fingerprint density at radius 2 is 1.66 bits per heavy atom. The molecule has 0 spiro atoms. The van der Waals surface area contributed by atoms with Crippen LogP contribution >= 0.6 is 23.4 Å². The van der Waals surface area contributed by atoms with Gasteiger partial charge >= 0.3 is 0 Å². The Hall–Kier alpha value is -2.14. The molecule has 0 saturated heterocycles. The molecular weight excluding hydrogens is 426 g/mol. The summed E-state index contributed by atoms with van der Waals surface area (Å²) in [4.78, 5) is 9.32. The van der Waals surface area contributed by atoms with Gasteiger partial charge in [-0.15, -0.1) is 11.8 Å². The van der Waals surface area contributed by atoms with Crippen molar-refractivity contribution in [3.8, 4) is 6.07 Å². The smallest absolute Gasteiger partial charge is 0.200 e. The van der Waals surface area contributed by atoms with Crippen LogP contribution in [0, 0.1) is 11.3 Å². The first-order valence-electron chi connectivity index (χ1n) is 9.31. The maximum Gasteiger partial charge on any atom is 0.200 e. The molecule has 0 bridgehead atoms. The molecule has 1 saturated carbocycles. The summed E-state index contributed by atoms with van der Waals surface area (Å²) in [6.07, 6.45) is 4.41. The first-order valence-corrected chi connectivity index (χ1v) is 12.1. The van der Waals surface area contributed by atoms with Gasteiger partial charge in [0.25, 0.3) is 0 Å². The van der Waals surface area contributed by atoms with Crippen LogP contribution in [0.15, 0.2) is 58.5 Å². The quantitative estimate of drug-likeness (QED) is 0.528. The minimum absolute atomic E-state index is 0.0419. The van der Waals surface area contributed by atoms with E-state index in [2.05, 4.69) is 4.98 Å². The zero-order valence-electron chi connectivity index (χ0n) is 15.5. The molecule has 1 aliphatic carbocycles. The van der Waals surface area contributed by atoms with Gasteiger partial charge in [0.05, 0.1) is 22.0 Å². The molecule has 8 heteroatoms. The number of hydrogen-bond donors (Lipinski definition) is 0. The lowest BCUT2D eigenvalue weighted by Gasteiger charge is -2.16. The lowest BCUT2D eigenvalue weighted by molar-refractivity contribution is 0.589. The Morgan fingerprint density at radius 3 is 2.28 bits per heavy atom. The molecule has 0 aliphatic heterocycles. The minimum atomic E-state index is -3.98. The monoisotopic (exact) mass is 443 g/mol. The van der Waals surface area contributed by atoms with E-state index in [-0.39, 0.29) is 10.6 Å². The van der Waals surface area contributed by atoms with E-state index in [4.69, 9.17) is 16.6 Å². The van der Waals surface area contributed by atoms with Gasteiger partial charge in [-0.2, -0.15) is 5.26 Å². The lowest BCUT2D eigenvalue weighted by atomic mass is 10.2. The Morgan fingerprint density at radius 1 is 1.03 bits per heavy atom. The van der Waals surface area contributed by atoms with Gasteiger partial charge in [0.15, 0.2) is 15.1 Å². The molecule has 2 aromatic carbocycles. The van der Waals surface area contributed by atoms with Crippen LogP contribution in [0.25, 0.3) is 11.0 Å². The number of fused-ring (bicyclic) bond motifs is 1. The topological polar surface area (TPSA) is 83.7 Å². The average molecular weight is 444 g/mol. The van der Waals surface area contributed by atoms with E-state index in [1.54, 1.807) is 6.07 Å². The molecule has 1 atom stereocenters. The molecule has 0 amide bonds. The number of rotatable bonds is 5. The van der Waals surface area contributed by atoms with Crippen LogP contribution in [-0.4, -0.2) is 23.6 Å². The van der Waals surface area contributed by atoms with E-state index in [0.717, 1.165) is 25.7 Å². The number of sulfone groups is 1. The van der Waals surface area contributed by atoms with Crippen LogP contribution in [0.2, 0.25) is 5.02 Å². The molecule has 5 nitrogen and oxygen atoms in total. The predicted molar refractivity (Wildman–Crippen MR) is 115 cm³/mol. The highest BCUT2D eigenvalue weighted by Gasteiger charge is 2.34. The van der Waals surface area contributed by atoms with Gasteiger partial charge in [0.1, 0.15) is 10.7 Å². The third-order valence-corrected chi connectivity index (χ3v) is 8.42. The van der Waals surface area contributed by atoms with Crippen LogP contribution in [0.5, 0.6) is 0 Å². The summed E-state index contributed by atoms with van der Waals surface area (Å²) >= 11 is 7.43. The molecule has 4 rings (SSSR count). The highest BCUT2D eigenvalue weighted by atomic mass is 35.5. The van der Waals surface area contributed by atoms with Crippen LogP contribution < -0.4 is 0 Å². The van der Waals surface area contributed by atoms with Crippen molar-refractivity contribution < 1.29 is 8.42 Å². The Bertz CT molecular complexity index is 1180. The van der Waals surface area contributed by atoms with Crippen LogP contribution in [0.4, 0.5) is 0 Å². The summed E-state index contributed by atoms with van der Waals surface area (Å²) in [6.45, 7) is 0. The van der Waals surface area contributed by atoms with Gasteiger partial charge in [-0.05, 0) is 49.2 Å². The summed E-state index contributed by atoms with van der Waals surface area (Å²) in [7, 11) is -3.98. The molecule has 0 N–H and O–H groups in total. The number of nitrogens with zero attached hydrogens (tertiary/aromatic N) is 3. The van der Waals surface area contributed by atoms with Crippen molar-refractivity contribution in [2.75, 3.05) is 0 Å². The van der Waals surface area contributed by atoms with Crippen LogP contribution in [0.3, 0.4) is 0 Å². The highest BCUT2D eigenvalue weighted by Crippen LogP contribution is 2.39. The molecule has 0 unspecified atom stereocenters. The van der Waals surface area contributed by atoms with Crippen molar-refractivity contribution in [2.24, 2.45) is 0 Å². The van der Waals surface area contributed by atoms with Gasteiger partial charge in [0.2, 0.25) is 0 Å². The first kappa shape index (κ1) is 20.1. The number of para-hydroxylation sites is 2. The van der Waals surface area contributed by atoms with Gasteiger partial charge in [-0.3, -0.25) is 0 Å². The van der Waals surface area contributed by atoms with Gasteiger partial charge < -0.3 is 0 Å². The standard InChI is InChI=1S/C21H18ClN3O2S2/c22-14-9-11-16(12-10-14)29(26,27)19(13-23)20-21(28-15-5-1-2-6-15)25-18-8-4-3-7-17(18)24-20/h3-4,7-12,15,19H,1-2,5-6H2/t19-/m0/s1. The molecule has 1 heterocycles. The van der Waals surface area contributed by atoms with E-state index in [1.807, 2.05) is 24.3 Å². The fourth-order valence-corrected chi connectivity index (χ4v) is 6.36. The second kappa shape index (κ2) is 8.31. The number of hydrogen-bond acceptors (Lipinski definition) is 6. The van der Waals surface area contributed by atoms with Gasteiger partial charge in [-0.25, -0.2) is 18.4 Å². The van der Waals surface area contributed by atoms with Crippen molar-refractivity contribution in [2.45, 2.75) is 46.1 Å². The van der Waals surface area contributed by atoms with Gasteiger partial charge in [0, 0.05) is 10.3 Å². The summed E-state index contributed by atoms with van der Waals surface area (Å²) in [5.41, 5.74) is 1.47. The second-order valence-electron chi connectivity index (χ2n) is 6.94. The van der Waals surface area contributed by atoms with Crippen LogP contribution in [-0.2, 0) is 9.84 Å². The molecule has 0 radical (unpaired) electrons. The summed E-state index contributed by atoms with van der Waals surface area (Å²) in [6, 6.07) is 15.1. The zero-order valence-corrected chi connectivity index (χ0v) is 17.8. The Kier molecular flexibility index (Phi) is 5.77. The fourth-order valence-electron chi connectivity index (χ4n) is 3.46. The van der Waals surface area contributed by atoms with Crippen molar-refractivity contribution >= 4 is 44.2 Å². The molecule has 1 aliphatic rings. The van der Waals surface area contributed by atoms with E-state index >= 15 is 0 Å². The number of thioether (sulfide) groups is 1. The predicted octanol–water partition coefficient (Wildman–Crippen LogP) is 5.36. The van der Waals surface area contributed by atoms with E-state index in [0.29, 0.717) is 26.3 Å². The molecular formula is C21H18ClN3O2S2. The first-order chi connectivity index (χ1) is 14.0. The van der Waals surface area contributed by atoms with Gasteiger partial charge in [-0.1, -0.05) is 36.6 Å². The Labute approximate surface area is 179 Å². The lowest BCUT2D eigenvalue weighted by Crippen LogP contribution is -2.16. The third kappa shape index (κ3) is 4.11. The van der Waals surface area contributed by atoms with E-state index in [9.17, 15) is 13.7 Å². The SMILES string of the molecule is N#C[C@@H](c1nc2ccccc2nc1SC1CCCC1)S(=O)(=O)c1ccc(Cl)cc1. The van der Waals surface area contributed by atoms with E-state index in [1.165, 1.54) is 36.0 Å². The number of nitriles is 1. The maximum atomic E-state index is 13.3. The molecule has 1 fully saturated rings. The minimum Gasteiger partial charge on any atom is -0.246 e. The van der Waals surface area contributed by atoms with Crippen molar-refractivity contribution in [1.29, 1.82) is 5.26 Å². The van der Waals surface area contributed by atoms with Crippen molar-refractivity contribution in [3.63, 3.8) is 0 Å². The maximum absolute atomic E-state index is 13.3. The largest absolute Gasteiger partial charge is 0.246 e. The molecule has 29 heavy (non-hydrogen) atoms. The number of aromatic nitrogens is 2. The normalized spacial score (nSPS) is 16.0.